The van der Waals surface area contributed by atoms with Crippen LogP contribution in [0.25, 0.3) is 0 Å². The van der Waals surface area contributed by atoms with E-state index in [9.17, 15) is 0 Å². The fourth-order valence-corrected chi connectivity index (χ4v) is 3.83. The number of hydrogen-bond donors (Lipinski definition) is 2. The van der Waals surface area contributed by atoms with E-state index in [1.807, 2.05) is 21.6 Å². The van der Waals surface area contributed by atoms with Crippen LogP contribution in [0.3, 0.4) is 0 Å². The van der Waals surface area contributed by atoms with Gasteiger partial charge >= 0.3 is 0 Å². The van der Waals surface area contributed by atoms with E-state index in [4.69, 9.17) is 14.5 Å². The molecule has 0 rings (SSSR count). The van der Waals surface area contributed by atoms with E-state index >= 15 is 0 Å². The zero-order chi connectivity index (χ0) is 12.6. The van der Waals surface area contributed by atoms with Crippen molar-refractivity contribution in [3.8, 4) is 0 Å². The lowest BCUT2D eigenvalue weighted by Gasteiger charge is -2.02. The van der Waals surface area contributed by atoms with Crippen LogP contribution in [0.5, 0.6) is 0 Å². The quantitative estimate of drug-likeness (QED) is 0.291. The maximum absolute atomic E-state index is 8.61. The molecule has 3 nitrogen and oxygen atoms in total. The largest absolute Gasteiger partial charge is 0.396 e. The second-order valence-corrected chi connectivity index (χ2v) is 6.96. The van der Waals surface area contributed by atoms with Crippen molar-refractivity contribution in [2.75, 3.05) is 24.7 Å². The van der Waals surface area contributed by atoms with Gasteiger partial charge in [0.05, 0.1) is 6.61 Å². The van der Waals surface area contributed by atoms with Gasteiger partial charge in [0.1, 0.15) is 0 Å². The molecular weight excluding hydrogens is 275 g/mol. The lowest BCUT2D eigenvalue weighted by molar-refractivity contribution is 0.283. The Hall–Kier alpha value is 1.01. The van der Waals surface area contributed by atoms with E-state index < -0.39 is 0 Å². The first-order chi connectivity index (χ1) is 8.41. The van der Waals surface area contributed by atoms with Gasteiger partial charge in [-0.25, -0.2) is 0 Å². The smallest absolute Gasteiger partial charge is 0.152 e. The van der Waals surface area contributed by atoms with Crippen LogP contribution < -0.4 is 0 Å². The Morgan fingerprint density at radius 2 is 1.41 bits per heavy atom. The molecule has 6 heteroatoms. The molecule has 104 valence electrons. The Balaban J connectivity index is 2.85. The van der Waals surface area contributed by atoms with Gasteiger partial charge in [-0.05, 0) is 25.7 Å². The van der Waals surface area contributed by atoms with Gasteiger partial charge in [0.25, 0.3) is 0 Å². The fourth-order valence-electron chi connectivity index (χ4n) is 1.30. The van der Waals surface area contributed by atoms with Crippen molar-refractivity contribution in [3.05, 3.63) is 0 Å². The minimum absolute atomic E-state index is 0.336. The summed E-state index contributed by atoms with van der Waals surface area (Å²) in [4.78, 5) is 8.43. The minimum Gasteiger partial charge on any atom is -0.396 e. The maximum atomic E-state index is 8.61. The van der Waals surface area contributed by atoms with Gasteiger partial charge in [0, 0.05) is 18.1 Å². The Bertz CT molecular complexity index is 128. The number of aliphatic hydroxyl groups is 1. The third-order valence-electron chi connectivity index (χ3n) is 2.26. The summed E-state index contributed by atoms with van der Waals surface area (Å²) in [7, 11) is 3.57. The normalized spacial score (nSPS) is 11.6. The predicted octanol–water partition coefficient (Wildman–Crippen LogP) is 3.61. The van der Waals surface area contributed by atoms with Gasteiger partial charge in [-0.1, -0.05) is 40.9 Å². The van der Waals surface area contributed by atoms with Crippen LogP contribution >= 0.6 is 30.6 Å². The molecule has 0 heterocycles. The van der Waals surface area contributed by atoms with Crippen LogP contribution in [0.1, 0.15) is 44.9 Å². The number of hydrogen-bond acceptors (Lipinski definition) is 5. The van der Waals surface area contributed by atoms with Crippen LogP contribution in [0, 0.1) is 0 Å². The zero-order valence-corrected chi connectivity index (χ0v) is 13.0. The SMILES string of the molecule is OCCCCCCSSCCCCCOPO. The molecule has 0 saturated heterocycles. The second kappa shape index (κ2) is 17.0. The van der Waals surface area contributed by atoms with Gasteiger partial charge in [0.15, 0.2) is 9.03 Å². The van der Waals surface area contributed by atoms with E-state index in [0.29, 0.717) is 13.2 Å². The van der Waals surface area contributed by atoms with E-state index in [1.165, 1.54) is 37.2 Å². The van der Waals surface area contributed by atoms with Gasteiger partial charge < -0.3 is 14.5 Å². The van der Waals surface area contributed by atoms with Crippen molar-refractivity contribution in [3.63, 3.8) is 0 Å². The molecule has 0 aromatic carbocycles. The molecule has 2 N–H and O–H groups in total. The minimum atomic E-state index is -0.356. The molecule has 0 amide bonds. The Labute approximate surface area is 115 Å². The monoisotopic (exact) mass is 300 g/mol. The van der Waals surface area contributed by atoms with Gasteiger partial charge in [-0.3, -0.25) is 0 Å². The number of aliphatic hydroxyl groups excluding tert-OH is 1. The van der Waals surface area contributed by atoms with E-state index in [1.54, 1.807) is 0 Å². The van der Waals surface area contributed by atoms with Gasteiger partial charge in [-0.15, -0.1) is 0 Å². The third-order valence-corrected chi connectivity index (χ3v) is 5.17. The van der Waals surface area contributed by atoms with E-state index in [0.717, 1.165) is 19.3 Å². The van der Waals surface area contributed by atoms with Crippen LogP contribution in [0.2, 0.25) is 0 Å². The molecule has 0 aliphatic heterocycles. The summed E-state index contributed by atoms with van der Waals surface area (Å²) < 4.78 is 4.88. The predicted molar refractivity (Wildman–Crippen MR) is 80.8 cm³/mol. The van der Waals surface area contributed by atoms with Crippen molar-refractivity contribution in [2.45, 2.75) is 44.9 Å². The highest BCUT2D eigenvalue weighted by molar-refractivity contribution is 8.76. The van der Waals surface area contributed by atoms with E-state index in [2.05, 4.69) is 0 Å². The first-order valence-corrected chi connectivity index (χ1v) is 9.62. The molecule has 0 aliphatic rings. The topological polar surface area (TPSA) is 49.7 Å². The molecule has 0 saturated carbocycles. The first kappa shape index (κ1) is 18.0. The molecule has 0 fully saturated rings. The molecule has 1 unspecified atom stereocenters. The summed E-state index contributed by atoms with van der Waals surface area (Å²) in [6.07, 6.45) is 8.10. The maximum Gasteiger partial charge on any atom is 0.152 e. The zero-order valence-electron chi connectivity index (χ0n) is 10.4. The second-order valence-electron chi connectivity index (χ2n) is 3.78. The summed E-state index contributed by atoms with van der Waals surface area (Å²) >= 11 is 0. The molecule has 0 bridgehead atoms. The summed E-state index contributed by atoms with van der Waals surface area (Å²) in [6, 6.07) is 0. The average Bonchev–Trinajstić information content (AvgIpc) is 2.35. The highest BCUT2D eigenvalue weighted by atomic mass is 33.1. The summed E-state index contributed by atoms with van der Waals surface area (Å²) in [6.45, 7) is 1.03. The molecule has 0 radical (unpaired) electrons. The number of unbranched alkanes of at least 4 members (excludes halogenated alkanes) is 5. The molecule has 0 aromatic rings. The van der Waals surface area contributed by atoms with Gasteiger partial charge in [0.2, 0.25) is 0 Å². The van der Waals surface area contributed by atoms with Crippen molar-refractivity contribution >= 4 is 30.6 Å². The third kappa shape index (κ3) is 17.0. The average molecular weight is 300 g/mol. The van der Waals surface area contributed by atoms with Crippen LogP contribution in [0.15, 0.2) is 0 Å². The van der Waals surface area contributed by atoms with Crippen molar-refractivity contribution in [1.29, 1.82) is 0 Å². The van der Waals surface area contributed by atoms with Crippen molar-refractivity contribution in [2.24, 2.45) is 0 Å². The Morgan fingerprint density at radius 3 is 2.00 bits per heavy atom. The standard InChI is InChI=1S/C11H25O3PS2/c12-8-4-1-2-6-10-16-17-11-7-3-5-9-14-15-13/h12-13,15H,1-11H2. The van der Waals surface area contributed by atoms with Crippen molar-refractivity contribution in [1.82, 2.24) is 0 Å². The van der Waals surface area contributed by atoms with Crippen molar-refractivity contribution < 1.29 is 14.5 Å². The molecule has 0 aliphatic carbocycles. The molecule has 0 aromatic heterocycles. The summed E-state index contributed by atoms with van der Waals surface area (Å²) in [5.74, 6) is 2.44. The Kier molecular flexibility index (Phi) is 18.0. The van der Waals surface area contributed by atoms with Crippen LogP contribution in [0.4, 0.5) is 0 Å². The van der Waals surface area contributed by atoms with Crippen LogP contribution in [-0.2, 0) is 4.52 Å². The molecule has 17 heavy (non-hydrogen) atoms. The Morgan fingerprint density at radius 1 is 0.824 bits per heavy atom. The van der Waals surface area contributed by atoms with Gasteiger partial charge in [-0.2, -0.15) is 0 Å². The highest BCUT2D eigenvalue weighted by Gasteiger charge is 1.94. The summed E-state index contributed by atoms with van der Waals surface area (Å²) in [5, 5.41) is 8.61. The fraction of sp³-hybridized carbons (Fsp3) is 1.00. The highest BCUT2D eigenvalue weighted by Crippen LogP contribution is 2.24. The molecular formula is C11H25O3PS2. The van der Waals surface area contributed by atoms with Crippen LogP contribution in [-0.4, -0.2) is 34.7 Å². The first-order valence-electron chi connectivity index (χ1n) is 6.28. The molecule has 1 atom stereocenters. The molecule has 0 spiro atoms. The lowest BCUT2D eigenvalue weighted by Crippen LogP contribution is -1.87. The lowest BCUT2D eigenvalue weighted by atomic mass is 10.2. The van der Waals surface area contributed by atoms with E-state index in [-0.39, 0.29) is 9.03 Å². The number of rotatable bonds is 14. The summed E-state index contributed by atoms with van der Waals surface area (Å²) in [5.41, 5.74) is 0.